The Kier molecular flexibility index (Phi) is 2.21. The molecule has 86 valence electrons. The number of benzene rings is 1. The summed E-state index contributed by atoms with van der Waals surface area (Å²) in [5, 5.41) is 0. The number of rotatable bonds is 0. The van der Waals surface area contributed by atoms with Crippen LogP contribution in [0.3, 0.4) is 0 Å². The minimum absolute atomic E-state index is 0.410. The molecule has 2 heteroatoms. The maximum Gasteiger partial charge on any atom is 0.0355 e. The van der Waals surface area contributed by atoms with Crippen LogP contribution in [0, 0.1) is 0 Å². The van der Waals surface area contributed by atoms with Crippen LogP contribution < -0.4 is 5.73 Å². The minimum atomic E-state index is 0.410. The Hall–Kier alpha value is -1.02. The quantitative estimate of drug-likeness (QED) is 0.673. The van der Waals surface area contributed by atoms with E-state index in [2.05, 4.69) is 30.1 Å². The largest absolute Gasteiger partial charge is 0.398 e. The first-order valence-electron chi connectivity index (χ1n) is 6.28. The zero-order valence-corrected chi connectivity index (χ0v) is 10.00. The maximum absolute atomic E-state index is 6.20. The second-order valence-electron chi connectivity index (χ2n) is 5.46. The van der Waals surface area contributed by atoms with Gasteiger partial charge in [0.2, 0.25) is 0 Å². The Labute approximate surface area is 97.4 Å². The number of hydrogen-bond donors (Lipinski definition) is 1. The van der Waals surface area contributed by atoms with E-state index in [0.29, 0.717) is 5.41 Å². The summed E-state index contributed by atoms with van der Waals surface area (Å²) in [5.41, 5.74) is 10.6. The van der Waals surface area contributed by atoms with E-state index in [4.69, 9.17) is 5.73 Å². The third-order valence-corrected chi connectivity index (χ3v) is 4.53. The predicted octanol–water partition coefficient (Wildman–Crippen LogP) is 2.18. The zero-order valence-electron chi connectivity index (χ0n) is 10.00. The predicted molar refractivity (Wildman–Crippen MR) is 67.6 cm³/mol. The molecule has 0 saturated carbocycles. The number of fused-ring (bicyclic) bond motifs is 2. The van der Waals surface area contributed by atoms with E-state index in [0.717, 1.165) is 5.69 Å². The average Bonchev–Trinajstić information content (AvgIpc) is 2.64. The monoisotopic (exact) mass is 216 g/mol. The molecule has 1 spiro atoms. The summed E-state index contributed by atoms with van der Waals surface area (Å²) < 4.78 is 0. The van der Waals surface area contributed by atoms with Crippen molar-refractivity contribution in [2.45, 2.75) is 31.1 Å². The van der Waals surface area contributed by atoms with Gasteiger partial charge in [-0.3, -0.25) is 0 Å². The summed E-state index contributed by atoms with van der Waals surface area (Å²) in [4.78, 5) is 2.43. The van der Waals surface area contributed by atoms with Gasteiger partial charge in [0.25, 0.3) is 0 Å². The molecule has 0 bridgehead atoms. The molecule has 0 unspecified atom stereocenters. The minimum Gasteiger partial charge on any atom is -0.398 e. The molecule has 1 saturated heterocycles. The van der Waals surface area contributed by atoms with Crippen molar-refractivity contribution in [2.24, 2.45) is 0 Å². The molecule has 1 aliphatic carbocycles. The van der Waals surface area contributed by atoms with E-state index in [1.807, 2.05) is 0 Å². The molecule has 0 atom stereocenters. The summed E-state index contributed by atoms with van der Waals surface area (Å²) in [6.45, 7) is 2.43. The molecule has 2 N–H and O–H groups in total. The van der Waals surface area contributed by atoms with Gasteiger partial charge in [-0.2, -0.15) is 0 Å². The van der Waals surface area contributed by atoms with Crippen molar-refractivity contribution in [3.8, 4) is 0 Å². The van der Waals surface area contributed by atoms with Gasteiger partial charge >= 0.3 is 0 Å². The molecule has 16 heavy (non-hydrogen) atoms. The highest BCUT2D eigenvalue weighted by Crippen LogP contribution is 2.48. The standard InChI is InChI=1S/C14H20N2/c1-16-9-7-14(8-10-16)6-5-11-3-2-4-12(15)13(11)14/h2-4H,5-10,15H2,1H3. The normalized spacial score (nSPS) is 23.6. The van der Waals surface area contributed by atoms with Gasteiger partial charge in [-0.15, -0.1) is 0 Å². The molecule has 1 heterocycles. The van der Waals surface area contributed by atoms with Crippen LogP contribution in [-0.4, -0.2) is 25.0 Å². The van der Waals surface area contributed by atoms with Crippen molar-refractivity contribution >= 4 is 5.69 Å². The Morgan fingerprint density at radius 2 is 1.94 bits per heavy atom. The SMILES string of the molecule is CN1CCC2(CCc3cccc(N)c32)CC1. The Morgan fingerprint density at radius 3 is 2.69 bits per heavy atom. The lowest BCUT2D eigenvalue weighted by Gasteiger charge is -2.39. The van der Waals surface area contributed by atoms with Crippen LogP contribution in [0.2, 0.25) is 0 Å². The number of aryl methyl sites for hydroxylation is 1. The lowest BCUT2D eigenvalue weighted by molar-refractivity contribution is 0.187. The molecular weight excluding hydrogens is 196 g/mol. The van der Waals surface area contributed by atoms with Crippen LogP contribution in [0.4, 0.5) is 5.69 Å². The van der Waals surface area contributed by atoms with Gasteiger partial charge in [0, 0.05) is 11.1 Å². The third kappa shape index (κ3) is 1.36. The number of piperidine rings is 1. The van der Waals surface area contributed by atoms with Crippen LogP contribution in [0.25, 0.3) is 0 Å². The third-order valence-electron chi connectivity index (χ3n) is 4.53. The fourth-order valence-electron chi connectivity index (χ4n) is 3.52. The summed E-state index contributed by atoms with van der Waals surface area (Å²) in [6, 6.07) is 6.44. The molecule has 1 aromatic carbocycles. The highest BCUT2D eigenvalue weighted by atomic mass is 15.1. The molecule has 1 aliphatic heterocycles. The second-order valence-corrected chi connectivity index (χ2v) is 5.46. The highest BCUT2D eigenvalue weighted by molar-refractivity contribution is 5.57. The zero-order chi connectivity index (χ0) is 11.2. The van der Waals surface area contributed by atoms with Gasteiger partial charge in [-0.25, -0.2) is 0 Å². The molecule has 0 amide bonds. The molecule has 0 aromatic heterocycles. The first-order valence-corrected chi connectivity index (χ1v) is 6.28. The van der Waals surface area contributed by atoms with Gasteiger partial charge in [0.05, 0.1) is 0 Å². The van der Waals surface area contributed by atoms with Crippen LogP contribution in [-0.2, 0) is 11.8 Å². The summed E-state index contributed by atoms with van der Waals surface area (Å²) >= 11 is 0. The van der Waals surface area contributed by atoms with Crippen LogP contribution in [0.15, 0.2) is 18.2 Å². The van der Waals surface area contributed by atoms with E-state index in [1.54, 1.807) is 0 Å². The summed E-state index contributed by atoms with van der Waals surface area (Å²) in [5.74, 6) is 0. The molecule has 0 radical (unpaired) electrons. The van der Waals surface area contributed by atoms with Crippen molar-refractivity contribution in [1.82, 2.24) is 4.90 Å². The molecule has 2 nitrogen and oxygen atoms in total. The van der Waals surface area contributed by atoms with E-state index >= 15 is 0 Å². The number of nitrogen functional groups attached to an aromatic ring is 1. The number of likely N-dealkylation sites (tertiary alicyclic amines) is 1. The maximum atomic E-state index is 6.20. The van der Waals surface area contributed by atoms with Gasteiger partial charge in [0.15, 0.2) is 0 Å². The van der Waals surface area contributed by atoms with Gasteiger partial charge < -0.3 is 10.6 Å². The van der Waals surface area contributed by atoms with Crippen molar-refractivity contribution in [3.05, 3.63) is 29.3 Å². The van der Waals surface area contributed by atoms with Gasteiger partial charge in [-0.05, 0) is 63.0 Å². The van der Waals surface area contributed by atoms with Crippen LogP contribution >= 0.6 is 0 Å². The van der Waals surface area contributed by atoms with Crippen LogP contribution in [0.5, 0.6) is 0 Å². The van der Waals surface area contributed by atoms with Crippen LogP contribution in [0.1, 0.15) is 30.4 Å². The number of nitrogens with two attached hydrogens (primary N) is 1. The second kappa shape index (κ2) is 3.49. The van der Waals surface area contributed by atoms with Crippen molar-refractivity contribution < 1.29 is 0 Å². The van der Waals surface area contributed by atoms with Crippen molar-refractivity contribution in [3.63, 3.8) is 0 Å². The van der Waals surface area contributed by atoms with E-state index in [9.17, 15) is 0 Å². The Balaban J connectivity index is 2.02. The lowest BCUT2D eigenvalue weighted by Crippen LogP contribution is -2.39. The van der Waals surface area contributed by atoms with Crippen molar-refractivity contribution in [1.29, 1.82) is 0 Å². The molecule has 2 aliphatic rings. The Morgan fingerprint density at radius 1 is 1.19 bits per heavy atom. The Bertz CT molecular complexity index is 403. The topological polar surface area (TPSA) is 29.3 Å². The molecule has 1 aromatic rings. The van der Waals surface area contributed by atoms with Crippen molar-refractivity contribution in [2.75, 3.05) is 25.9 Å². The molecular formula is C14H20N2. The van der Waals surface area contributed by atoms with Gasteiger partial charge in [-0.1, -0.05) is 12.1 Å². The fourth-order valence-corrected chi connectivity index (χ4v) is 3.52. The summed E-state index contributed by atoms with van der Waals surface area (Å²) in [6.07, 6.45) is 5.10. The smallest absolute Gasteiger partial charge is 0.0355 e. The highest BCUT2D eigenvalue weighted by Gasteiger charge is 2.41. The average molecular weight is 216 g/mol. The molecule has 1 fully saturated rings. The number of nitrogens with zero attached hydrogens (tertiary/aromatic N) is 1. The number of hydrogen-bond acceptors (Lipinski definition) is 2. The first-order chi connectivity index (χ1) is 7.71. The van der Waals surface area contributed by atoms with E-state index in [-0.39, 0.29) is 0 Å². The van der Waals surface area contributed by atoms with E-state index in [1.165, 1.54) is 49.9 Å². The van der Waals surface area contributed by atoms with Gasteiger partial charge in [0.1, 0.15) is 0 Å². The first kappa shape index (κ1) is 10.2. The lowest BCUT2D eigenvalue weighted by atomic mass is 9.73. The molecule has 3 rings (SSSR count). The number of anilines is 1. The fraction of sp³-hybridized carbons (Fsp3) is 0.571. The van der Waals surface area contributed by atoms with E-state index < -0.39 is 0 Å². The summed E-state index contributed by atoms with van der Waals surface area (Å²) in [7, 11) is 2.22.